The van der Waals surface area contributed by atoms with Crippen LogP contribution in [-0.4, -0.2) is 22.0 Å². The van der Waals surface area contributed by atoms with Crippen molar-refractivity contribution in [3.8, 4) is 11.1 Å². The van der Waals surface area contributed by atoms with Crippen molar-refractivity contribution in [2.75, 3.05) is 10.6 Å². The molecule has 4 rings (SSSR count). The number of anilines is 2. The van der Waals surface area contributed by atoms with Gasteiger partial charge in [0.1, 0.15) is 5.69 Å². The smallest absolute Gasteiger partial charge is 0.298 e. The number of benzene rings is 2. The van der Waals surface area contributed by atoms with E-state index in [9.17, 15) is 14.4 Å². The van der Waals surface area contributed by atoms with Gasteiger partial charge in [-0.25, -0.2) is 0 Å². The molecule has 0 spiro atoms. The van der Waals surface area contributed by atoms with Crippen LogP contribution < -0.4 is 10.6 Å². The van der Waals surface area contributed by atoms with Crippen LogP contribution in [0.2, 0.25) is 0 Å². The second kappa shape index (κ2) is 8.28. The lowest BCUT2D eigenvalue weighted by molar-refractivity contribution is -0.114. The lowest BCUT2D eigenvalue weighted by Gasteiger charge is -2.09. The SMILES string of the molecule is CC(=O)Nc1ccc(NC(=O)C(=O)c2c(-c3ccc(C)cc3)cc3ccccn23)cc1. The van der Waals surface area contributed by atoms with Crippen LogP contribution in [0.4, 0.5) is 11.4 Å². The van der Waals surface area contributed by atoms with E-state index in [1.807, 2.05) is 55.5 Å². The van der Waals surface area contributed by atoms with Gasteiger partial charge in [-0.15, -0.1) is 0 Å². The molecule has 2 aromatic carbocycles. The van der Waals surface area contributed by atoms with Crippen LogP contribution >= 0.6 is 0 Å². The molecular weight excluding hydrogens is 390 g/mol. The molecule has 154 valence electrons. The number of nitrogens with zero attached hydrogens (tertiary/aromatic N) is 1. The number of nitrogens with one attached hydrogen (secondary N) is 2. The van der Waals surface area contributed by atoms with Crippen LogP contribution in [-0.2, 0) is 9.59 Å². The molecule has 0 aliphatic rings. The number of carbonyl (C=O) groups is 3. The van der Waals surface area contributed by atoms with Gasteiger partial charge in [-0.3, -0.25) is 14.4 Å². The van der Waals surface area contributed by atoms with Crippen molar-refractivity contribution in [3.05, 3.63) is 90.3 Å². The van der Waals surface area contributed by atoms with E-state index in [1.54, 1.807) is 34.9 Å². The molecule has 0 bridgehead atoms. The number of ketones is 1. The van der Waals surface area contributed by atoms with Gasteiger partial charge in [-0.1, -0.05) is 35.9 Å². The van der Waals surface area contributed by atoms with Crippen LogP contribution in [0, 0.1) is 6.92 Å². The summed E-state index contributed by atoms with van der Waals surface area (Å²) in [5.41, 5.74) is 4.89. The normalized spacial score (nSPS) is 10.6. The number of hydrogen-bond acceptors (Lipinski definition) is 3. The molecule has 6 nitrogen and oxygen atoms in total. The monoisotopic (exact) mass is 411 g/mol. The summed E-state index contributed by atoms with van der Waals surface area (Å²) in [6.45, 7) is 3.42. The average Bonchev–Trinajstić information content (AvgIpc) is 3.14. The van der Waals surface area contributed by atoms with Crippen LogP contribution in [0.15, 0.2) is 79.0 Å². The molecule has 4 aromatic rings. The maximum absolute atomic E-state index is 13.2. The molecule has 0 fully saturated rings. The first-order valence-corrected chi connectivity index (χ1v) is 9.83. The molecule has 6 heteroatoms. The molecule has 0 aliphatic heterocycles. The fourth-order valence-electron chi connectivity index (χ4n) is 3.44. The van der Waals surface area contributed by atoms with Gasteiger partial charge in [0.2, 0.25) is 5.91 Å². The largest absolute Gasteiger partial charge is 0.326 e. The van der Waals surface area contributed by atoms with E-state index >= 15 is 0 Å². The summed E-state index contributed by atoms with van der Waals surface area (Å²) in [5, 5.41) is 5.31. The standard InChI is InChI=1S/C25H21N3O3/c1-16-6-8-18(9-7-16)22-15-21-5-3-4-14-28(21)23(22)24(30)25(31)27-20-12-10-19(11-13-20)26-17(2)29/h3-15H,1-2H3,(H,26,29)(H,27,31). The van der Waals surface area contributed by atoms with E-state index in [2.05, 4.69) is 10.6 Å². The van der Waals surface area contributed by atoms with E-state index < -0.39 is 11.7 Å². The summed E-state index contributed by atoms with van der Waals surface area (Å²) in [7, 11) is 0. The summed E-state index contributed by atoms with van der Waals surface area (Å²) in [6.07, 6.45) is 1.77. The Morgan fingerprint density at radius 1 is 0.806 bits per heavy atom. The minimum absolute atomic E-state index is 0.185. The zero-order chi connectivity index (χ0) is 22.0. The van der Waals surface area contributed by atoms with Crippen LogP contribution in [0.5, 0.6) is 0 Å². The lowest BCUT2D eigenvalue weighted by atomic mass is 10.0. The zero-order valence-corrected chi connectivity index (χ0v) is 17.2. The van der Waals surface area contributed by atoms with Crippen molar-refractivity contribution in [2.45, 2.75) is 13.8 Å². The number of Topliss-reactive ketones (excluding diaryl/α,β-unsaturated/α-hetero) is 1. The Hall–Kier alpha value is -4.19. The second-order valence-corrected chi connectivity index (χ2v) is 7.31. The van der Waals surface area contributed by atoms with Crippen molar-refractivity contribution in [1.29, 1.82) is 0 Å². The third kappa shape index (κ3) is 4.23. The van der Waals surface area contributed by atoms with Gasteiger partial charge >= 0.3 is 0 Å². The molecular formula is C25H21N3O3. The van der Waals surface area contributed by atoms with Crippen molar-refractivity contribution in [3.63, 3.8) is 0 Å². The summed E-state index contributed by atoms with van der Waals surface area (Å²) in [5.74, 6) is -1.55. The highest BCUT2D eigenvalue weighted by Crippen LogP contribution is 2.29. The number of aromatic nitrogens is 1. The van der Waals surface area contributed by atoms with Crippen molar-refractivity contribution >= 4 is 34.5 Å². The number of hydrogen-bond donors (Lipinski definition) is 2. The molecule has 0 atom stereocenters. The Balaban J connectivity index is 1.66. The van der Waals surface area contributed by atoms with E-state index in [-0.39, 0.29) is 5.91 Å². The molecule has 0 unspecified atom stereocenters. The molecule has 2 amide bonds. The predicted octanol–water partition coefficient (Wildman–Crippen LogP) is 4.69. The summed E-state index contributed by atoms with van der Waals surface area (Å²) >= 11 is 0. The van der Waals surface area contributed by atoms with Gasteiger partial charge in [0.15, 0.2) is 0 Å². The van der Waals surface area contributed by atoms with Crippen LogP contribution in [0.25, 0.3) is 16.6 Å². The molecule has 2 N–H and O–H groups in total. The Labute approximate surface area is 179 Å². The second-order valence-electron chi connectivity index (χ2n) is 7.31. The number of rotatable bonds is 5. The molecule has 0 radical (unpaired) electrons. The van der Waals surface area contributed by atoms with Crippen molar-refractivity contribution < 1.29 is 14.4 Å². The van der Waals surface area contributed by atoms with Gasteiger partial charge in [0, 0.05) is 35.6 Å². The zero-order valence-electron chi connectivity index (χ0n) is 17.2. The molecule has 0 aliphatic carbocycles. The van der Waals surface area contributed by atoms with E-state index in [0.717, 1.165) is 16.6 Å². The predicted molar refractivity (Wildman–Crippen MR) is 121 cm³/mol. The third-order valence-corrected chi connectivity index (χ3v) is 4.93. The first-order valence-electron chi connectivity index (χ1n) is 9.83. The Morgan fingerprint density at radius 3 is 2.10 bits per heavy atom. The van der Waals surface area contributed by atoms with Gasteiger partial charge in [-0.05, 0) is 55.0 Å². The quantitative estimate of drug-likeness (QED) is 0.369. The fraction of sp³-hybridized carbons (Fsp3) is 0.0800. The summed E-state index contributed by atoms with van der Waals surface area (Å²) in [4.78, 5) is 37.2. The average molecular weight is 411 g/mol. The highest BCUT2D eigenvalue weighted by Gasteiger charge is 2.24. The number of pyridine rings is 1. The first-order chi connectivity index (χ1) is 14.9. The summed E-state index contributed by atoms with van der Waals surface area (Å²) < 4.78 is 1.73. The fourth-order valence-corrected chi connectivity index (χ4v) is 3.44. The minimum atomic E-state index is -0.732. The molecule has 0 saturated heterocycles. The maximum atomic E-state index is 13.2. The Kier molecular flexibility index (Phi) is 5.37. The highest BCUT2D eigenvalue weighted by molar-refractivity contribution is 6.47. The minimum Gasteiger partial charge on any atom is -0.326 e. The highest BCUT2D eigenvalue weighted by atomic mass is 16.2. The van der Waals surface area contributed by atoms with Crippen LogP contribution in [0.1, 0.15) is 23.0 Å². The van der Waals surface area contributed by atoms with E-state index in [4.69, 9.17) is 0 Å². The number of fused-ring (bicyclic) bond motifs is 1. The lowest BCUT2D eigenvalue weighted by Crippen LogP contribution is -2.24. The first kappa shape index (κ1) is 20.1. The molecule has 0 saturated carbocycles. The Morgan fingerprint density at radius 2 is 1.45 bits per heavy atom. The number of carbonyl (C=O) groups excluding carboxylic acids is 3. The van der Waals surface area contributed by atoms with E-state index in [1.165, 1.54) is 6.92 Å². The molecule has 31 heavy (non-hydrogen) atoms. The number of amides is 2. The number of aryl methyl sites for hydroxylation is 1. The Bertz CT molecular complexity index is 1290. The van der Waals surface area contributed by atoms with Crippen LogP contribution in [0.3, 0.4) is 0 Å². The molecule has 2 heterocycles. The van der Waals surface area contributed by atoms with Gasteiger partial charge < -0.3 is 15.0 Å². The summed E-state index contributed by atoms with van der Waals surface area (Å²) in [6, 6.07) is 21.9. The topological polar surface area (TPSA) is 79.7 Å². The van der Waals surface area contributed by atoms with Gasteiger partial charge in [-0.2, -0.15) is 0 Å². The third-order valence-electron chi connectivity index (χ3n) is 4.93. The van der Waals surface area contributed by atoms with Crippen molar-refractivity contribution in [2.24, 2.45) is 0 Å². The van der Waals surface area contributed by atoms with Gasteiger partial charge in [0.25, 0.3) is 11.7 Å². The van der Waals surface area contributed by atoms with Crippen molar-refractivity contribution in [1.82, 2.24) is 4.40 Å². The van der Waals surface area contributed by atoms with E-state index in [0.29, 0.717) is 22.6 Å². The maximum Gasteiger partial charge on any atom is 0.298 e. The molecule has 2 aromatic heterocycles. The van der Waals surface area contributed by atoms with Gasteiger partial charge in [0.05, 0.1) is 0 Å².